The van der Waals surface area contributed by atoms with E-state index in [0.717, 1.165) is 11.3 Å². The lowest BCUT2D eigenvalue weighted by Gasteiger charge is -2.05. The Bertz CT molecular complexity index is 295. The highest BCUT2D eigenvalue weighted by Gasteiger charge is 1.94. The third-order valence-electron chi connectivity index (χ3n) is 1.72. The Morgan fingerprint density at radius 1 is 1.43 bits per heavy atom. The number of hydrogen-bond acceptors (Lipinski definition) is 2. The Morgan fingerprint density at radius 3 is 2.57 bits per heavy atom. The number of nitrogens with one attached hydrogen (secondary N) is 2. The van der Waals surface area contributed by atoms with Crippen molar-refractivity contribution < 1.29 is 4.74 Å². The van der Waals surface area contributed by atoms with Gasteiger partial charge in [0.15, 0.2) is 5.96 Å². The molecule has 0 heterocycles. The maximum atomic E-state index is 6.99. The van der Waals surface area contributed by atoms with Crippen molar-refractivity contribution in [2.45, 2.75) is 13.5 Å². The predicted molar refractivity (Wildman–Crippen MR) is 56.4 cm³/mol. The minimum absolute atomic E-state index is 0.0149. The Labute approximate surface area is 83.6 Å². The lowest BCUT2D eigenvalue weighted by atomic mass is 10.2. The minimum Gasteiger partial charge on any atom is -0.494 e. The Morgan fingerprint density at radius 2 is 2.07 bits per heavy atom. The van der Waals surface area contributed by atoms with Gasteiger partial charge in [-0.25, -0.2) is 0 Å². The third-order valence-corrected chi connectivity index (χ3v) is 1.72. The van der Waals surface area contributed by atoms with E-state index >= 15 is 0 Å². The predicted octanol–water partition coefficient (Wildman–Crippen LogP) is 1.07. The first kappa shape index (κ1) is 10.4. The first-order valence-electron chi connectivity index (χ1n) is 4.52. The van der Waals surface area contributed by atoms with Crippen LogP contribution in [0.3, 0.4) is 0 Å². The highest BCUT2D eigenvalue weighted by atomic mass is 16.5. The average molecular weight is 193 g/mol. The first-order chi connectivity index (χ1) is 6.72. The van der Waals surface area contributed by atoms with Crippen LogP contribution in [-0.4, -0.2) is 12.6 Å². The fourth-order valence-corrected chi connectivity index (χ4v) is 1.07. The maximum Gasteiger partial charge on any atom is 0.185 e. The lowest BCUT2D eigenvalue weighted by molar-refractivity contribution is 0.340. The molecule has 1 aromatic rings. The number of rotatable bonds is 4. The minimum atomic E-state index is -0.0149. The molecule has 0 bridgehead atoms. The van der Waals surface area contributed by atoms with Gasteiger partial charge in [-0.15, -0.1) is 0 Å². The summed E-state index contributed by atoms with van der Waals surface area (Å²) in [5, 5.41) is 9.73. The van der Waals surface area contributed by atoms with Crippen LogP contribution >= 0.6 is 0 Å². The maximum absolute atomic E-state index is 6.99. The van der Waals surface area contributed by atoms with E-state index in [9.17, 15) is 0 Å². The molecular formula is C10H15N3O. The SMILES string of the molecule is CCOc1ccc(CNC(=N)N)cc1. The molecule has 4 heteroatoms. The molecule has 0 amide bonds. The zero-order chi connectivity index (χ0) is 10.4. The van der Waals surface area contributed by atoms with E-state index in [-0.39, 0.29) is 5.96 Å². The van der Waals surface area contributed by atoms with Gasteiger partial charge in [-0.3, -0.25) is 5.41 Å². The lowest BCUT2D eigenvalue weighted by Crippen LogP contribution is -2.29. The molecular weight excluding hydrogens is 178 g/mol. The summed E-state index contributed by atoms with van der Waals surface area (Å²) in [4.78, 5) is 0. The largest absolute Gasteiger partial charge is 0.494 e. The van der Waals surface area contributed by atoms with E-state index in [1.807, 2.05) is 31.2 Å². The van der Waals surface area contributed by atoms with Crippen molar-refractivity contribution in [3.63, 3.8) is 0 Å². The Hall–Kier alpha value is -1.71. The van der Waals surface area contributed by atoms with Gasteiger partial charge in [0.05, 0.1) is 6.61 Å². The zero-order valence-electron chi connectivity index (χ0n) is 8.21. The van der Waals surface area contributed by atoms with Gasteiger partial charge in [0, 0.05) is 6.54 Å². The van der Waals surface area contributed by atoms with Crippen LogP contribution in [0.1, 0.15) is 12.5 Å². The molecule has 4 nitrogen and oxygen atoms in total. The van der Waals surface area contributed by atoms with Gasteiger partial charge in [0.1, 0.15) is 5.75 Å². The van der Waals surface area contributed by atoms with Gasteiger partial charge in [-0.05, 0) is 24.6 Å². The second-order valence-electron chi connectivity index (χ2n) is 2.84. The molecule has 1 rings (SSSR count). The van der Waals surface area contributed by atoms with Gasteiger partial charge >= 0.3 is 0 Å². The molecule has 4 N–H and O–H groups in total. The van der Waals surface area contributed by atoms with Gasteiger partial charge < -0.3 is 15.8 Å². The summed E-state index contributed by atoms with van der Waals surface area (Å²) < 4.78 is 5.30. The van der Waals surface area contributed by atoms with E-state index < -0.39 is 0 Å². The van der Waals surface area contributed by atoms with Crippen molar-refractivity contribution >= 4 is 5.96 Å². The molecule has 0 atom stereocenters. The first-order valence-corrected chi connectivity index (χ1v) is 4.52. The smallest absolute Gasteiger partial charge is 0.185 e. The molecule has 0 aromatic heterocycles. The van der Waals surface area contributed by atoms with Gasteiger partial charge in [0.2, 0.25) is 0 Å². The fraction of sp³-hybridized carbons (Fsp3) is 0.300. The second-order valence-corrected chi connectivity index (χ2v) is 2.84. The van der Waals surface area contributed by atoms with Crippen molar-refractivity contribution in [1.82, 2.24) is 5.32 Å². The van der Waals surface area contributed by atoms with E-state index in [4.69, 9.17) is 15.9 Å². The van der Waals surface area contributed by atoms with Crippen LogP contribution in [0.2, 0.25) is 0 Å². The summed E-state index contributed by atoms with van der Waals surface area (Å²) in [6.07, 6.45) is 0. The summed E-state index contributed by atoms with van der Waals surface area (Å²) in [5.74, 6) is 0.845. The van der Waals surface area contributed by atoms with Crippen molar-refractivity contribution in [3.05, 3.63) is 29.8 Å². The van der Waals surface area contributed by atoms with Crippen LogP contribution < -0.4 is 15.8 Å². The number of nitrogens with two attached hydrogens (primary N) is 1. The summed E-state index contributed by atoms with van der Waals surface area (Å²) >= 11 is 0. The van der Waals surface area contributed by atoms with Crippen molar-refractivity contribution in [1.29, 1.82) is 5.41 Å². The Kier molecular flexibility index (Phi) is 3.79. The van der Waals surface area contributed by atoms with E-state index in [1.165, 1.54) is 0 Å². The molecule has 1 aromatic carbocycles. The van der Waals surface area contributed by atoms with Crippen LogP contribution in [0.15, 0.2) is 24.3 Å². The quantitative estimate of drug-likeness (QED) is 0.494. The van der Waals surface area contributed by atoms with Gasteiger partial charge in [-0.2, -0.15) is 0 Å². The molecule has 0 unspecified atom stereocenters. The summed E-state index contributed by atoms with van der Waals surface area (Å²) in [6.45, 7) is 3.19. The Balaban J connectivity index is 2.50. The van der Waals surface area contributed by atoms with Gasteiger partial charge in [-0.1, -0.05) is 12.1 Å². The van der Waals surface area contributed by atoms with Crippen molar-refractivity contribution in [3.8, 4) is 5.75 Å². The normalized spacial score (nSPS) is 9.50. The molecule has 76 valence electrons. The van der Waals surface area contributed by atoms with E-state index in [2.05, 4.69) is 5.32 Å². The average Bonchev–Trinajstić information content (AvgIpc) is 2.17. The van der Waals surface area contributed by atoms with Crippen LogP contribution in [0, 0.1) is 5.41 Å². The molecule has 0 radical (unpaired) electrons. The molecule has 14 heavy (non-hydrogen) atoms. The summed E-state index contributed by atoms with van der Waals surface area (Å²) in [7, 11) is 0. The number of benzene rings is 1. The number of guanidine groups is 1. The summed E-state index contributed by atoms with van der Waals surface area (Å²) in [6, 6.07) is 7.70. The summed E-state index contributed by atoms with van der Waals surface area (Å²) in [5.41, 5.74) is 6.24. The van der Waals surface area contributed by atoms with Crippen LogP contribution in [0.5, 0.6) is 5.75 Å². The van der Waals surface area contributed by atoms with Crippen LogP contribution in [0.25, 0.3) is 0 Å². The molecule has 0 spiro atoms. The molecule has 0 aliphatic heterocycles. The molecule has 0 fully saturated rings. The van der Waals surface area contributed by atoms with Crippen molar-refractivity contribution in [2.75, 3.05) is 6.61 Å². The second kappa shape index (κ2) is 5.11. The van der Waals surface area contributed by atoms with Gasteiger partial charge in [0.25, 0.3) is 0 Å². The zero-order valence-corrected chi connectivity index (χ0v) is 8.21. The molecule has 0 saturated carbocycles. The van der Waals surface area contributed by atoms with Crippen molar-refractivity contribution in [2.24, 2.45) is 5.73 Å². The molecule has 0 aliphatic carbocycles. The highest BCUT2D eigenvalue weighted by Crippen LogP contribution is 2.11. The van der Waals surface area contributed by atoms with Crippen LogP contribution in [-0.2, 0) is 6.54 Å². The number of hydrogen-bond donors (Lipinski definition) is 3. The van der Waals surface area contributed by atoms with E-state index in [1.54, 1.807) is 0 Å². The monoisotopic (exact) mass is 193 g/mol. The third kappa shape index (κ3) is 3.35. The van der Waals surface area contributed by atoms with Crippen LogP contribution in [0.4, 0.5) is 0 Å². The van der Waals surface area contributed by atoms with E-state index in [0.29, 0.717) is 13.2 Å². The topological polar surface area (TPSA) is 71.1 Å². The molecule has 0 aliphatic rings. The highest BCUT2D eigenvalue weighted by molar-refractivity contribution is 5.74. The standard InChI is InChI=1S/C10H15N3O/c1-2-14-9-5-3-8(4-6-9)7-13-10(11)12/h3-6H,2,7H2,1H3,(H4,11,12,13). The number of ether oxygens (including phenoxy) is 1. The fourth-order valence-electron chi connectivity index (χ4n) is 1.07. The molecule has 0 saturated heterocycles.